The molecule has 1 aromatic rings. The van der Waals surface area contributed by atoms with Crippen molar-refractivity contribution in [1.29, 1.82) is 0 Å². The summed E-state index contributed by atoms with van der Waals surface area (Å²) in [5.74, 6) is 0.224. The molecule has 0 saturated carbocycles. The number of aliphatic hydroxyl groups is 1. The highest BCUT2D eigenvalue weighted by Crippen LogP contribution is 2.20. The number of nitrogens with one attached hydrogen (secondary N) is 1. The van der Waals surface area contributed by atoms with Crippen molar-refractivity contribution in [2.45, 2.75) is 39.3 Å². The SMILES string of the molecule is CC(C)C(C)(O)CN[C@H](C)c1cccc(Cl)c1. The summed E-state index contributed by atoms with van der Waals surface area (Å²) < 4.78 is 0. The average Bonchev–Trinajstić information content (AvgIpc) is 2.25. The van der Waals surface area contributed by atoms with Gasteiger partial charge in [0.2, 0.25) is 0 Å². The van der Waals surface area contributed by atoms with Crippen molar-refractivity contribution >= 4 is 11.6 Å². The Morgan fingerprint density at radius 1 is 1.35 bits per heavy atom. The molecule has 1 aromatic carbocycles. The third-order valence-electron chi connectivity index (χ3n) is 3.36. The van der Waals surface area contributed by atoms with Crippen LogP contribution in [-0.4, -0.2) is 17.3 Å². The summed E-state index contributed by atoms with van der Waals surface area (Å²) in [6, 6.07) is 7.97. The lowest BCUT2D eigenvalue weighted by atomic mass is 9.92. The Balaban J connectivity index is 2.59. The van der Waals surface area contributed by atoms with Gasteiger partial charge in [-0.25, -0.2) is 0 Å². The molecule has 0 saturated heterocycles. The summed E-state index contributed by atoms with van der Waals surface area (Å²) >= 11 is 5.95. The normalized spacial score (nSPS) is 16.9. The molecule has 0 aliphatic heterocycles. The summed E-state index contributed by atoms with van der Waals surface area (Å²) in [5, 5.41) is 14.2. The van der Waals surface area contributed by atoms with E-state index >= 15 is 0 Å². The highest BCUT2D eigenvalue weighted by atomic mass is 35.5. The zero-order valence-electron chi connectivity index (χ0n) is 11.0. The van der Waals surface area contributed by atoms with Crippen LogP contribution in [0.4, 0.5) is 0 Å². The van der Waals surface area contributed by atoms with Crippen LogP contribution in [0.2, 0.25) is 5.02 Å². The van der Waals surface area contributed by atoms with Crippen LogP contribution >= 0.6 is 11.6 Å². The number of hydrogen-bond donors (Lipinski definition) is 2. The van der Waals surface area contributed by atoms with E-state index in [4.69, 9.17) is 11.6 Å². The fraction of sp³-hybridized carbons (Fsp3) is 0.571. The van der Waals surface area contributed by atoms with Crippen molar-refractivity contribution in [1.82, 2.24) is 5.32 Å². The molecule has 0 spiro atoms. The Kier molecular flexibility index (Phi) is 4.99. The number of halogens is 1. The number of rotatable bonds is 5. The molecule has 2 N–H and O–H groups in total. The van der Waals surface area contributed by atoms with Gasteiger partial charge in [0.15, 0.2) is 0 Å². The molecule has 2 atom stereocenters. The van der Waals surface area contributed by atoms with Gasteiger partial charge in [0, 0.05) is 17.6 Å². The Morgan fingerprint density at radius 3 is 2.53 bits per heavy atom. The van der Waals surface area contributed by atoms with Gasteiger partial charge in [0.1, 0.15) is 0 Å². The third-order valence-corrected chi connectivity index (χ3v) is 3.59. The first-order valence-electron chi connectivity index (χ1n) is 6.04. The topological polar surface area (TPSA) is 32.3 Å². The fourth-order valence-corrected chi connectivity index (χ4v) is 1.66. The van der Waals surface area contributed by atoms with Crippen molar-refractivity contribution in [2.75, 3.05) is 6.54 Å². The van der Waals surface area contributed by atoms with Gasteiger partial charge >= 0.3 is 0 Å². The van der Waals surface area contributed by atoms with Crippen LogP contribution in [0.5, 0.6) is 0 Å². The van der Waals surface area contributed by atoms with E-state index < -0.39 is 5.60 Å². The minimum Gasteiger partial charge on any atom is -0.389 e. The molecule has 0 amide bonds. The van der Waals surface area contributed by atoms with E-state index in [0.717, 1.165) is 10.6 Å². The highest BCUT2D eigenvalue weighted by Gasteiger charge is 2.25. The lowest BCUT2D eigenvalue weighted by molar-refractivity contribution is 0.0122. The van der Waals surface area contributed by atoms with E-state index in [1.165, 1.54) is 0 Å². The Morgan fingerprint density at radius 2 is 2.00 bits per heavy atom. The second-order valence-electron chi connectivity index (χ2n) is 5.17. The van der Waals surface area contributed by atoms with Crippen LogP contribution in [0, 0.1) is 5.92 Å². The van der Waals surface area contributed by atoms with Crippen molar-refractivity contribution in [2.24, 2.45) is 5.92 Å². The Hall–Kier alpha value is -0.570. The van der Waals surface area contributed by atoms with Crippen LogP contribution in [0.25, 0.3) is 0 Å². The highest BCUT2D eigenvalue weighted by molar-refractivity contribution is 6.30. The summed E-state index contributed by atoms with van der Waals surface area (Å²) in [7, 11) is 0. The zero-order valence-corrected chi connectivity index (χ0v) is 11.8. The molecule has 17 heavy (non-hydrogen) atoms. The third kappa shape index (κ3) is 4.30. The average molecular weight is 256 g/mol. The van der Waals surface area contributed by atoms with E-state index in [2.05, 4.69) is 12.2 Å². The molecule has 1 unspecified atom stereocenters. The molecule has 0 aliphatic carbocycles. The van der Waals surface area contributed by atoms with Gasteiger partial charge in [-0.3, -0.25) is 0 Å². The van der Waals surface area contributed by atoms with Gasteiger partial charge in [0.25, 0.3) is 0 Å². The van der Waals surface area contributed by atoms with Crippen LogP contribution in [0.1, 0.15) is 39.3 Å². The Bertz CT molecular complexity index is 363. The maximum atomic E-state index is 10.2. The number of hydrogen-bond acceptors (Lipinski definition) is 2. The van der Waals surface area contributed by atoms with Gasteiger partial charge in [-0.2, -0.15) is 0 Å². The second kappa shape index (κ2) is 5.85. The minimum absolute atomic E-state index is 0.180. The molecule has 96 valence electrons. The van der Waals surface area contributed by atoms with Crippen molar-refractivity contribution in [3.63, 3.8) is 0 Å². The van der Waals surface area contributed by atoms with Gasteiger partial charge < -0.3 is 10.4 Å². The van der Waals surface area contributed by atoms with Crippen LogP contribution in [0.15, 0.2) is 24.3 Å². The zero-order chi connectivity index (χ0) is 13.1. The fourth-order valence-electron chi connectivity index (χ4n) is 1.46. The van der Waals surface area contributed by atoms with Crippen molar-refractivity contribution < 1.29 is 5.11 Å². The van der Waals surface area contributed by atoms with Gasteiger partial charge in [0.05, 0.1) is 5.60 Å². The predicted octanol–water partition coefficient (Wildman–Crippen LogP) is 3.40. The molecule has 0 heterocycles. The van der Waals surface area contributed by atoms with Crippen LogP contribution < -0.4 is 5.32 Å². The Labute approximate surface area is 109 Å². The van der Waals surface area contributed by atoms with Crippen molar-refractivity contribution in [3.8, 4) is 0 Å². The molecular weight excluding hydrogens is 234 g/mol. The molecule has 0 aliphatic rings. The summed E-state index contributed by atoms with van der Waals surface area (Å²) in [6.07, 6.45) is 0. The van der Waals surface area contributed by atoms with E-state index in [1.807, 2.05) is 45.0 Å². The second-order valence-corrected chi connectivity index (χ2v) is 5.61. The van der Waals surface area contributed by atoms with E-state index in [0.29, 0.717) is 6.54 Å². The monoisotopic (exact) mass is 255 g/mol. The molecular formula is C14H22ClNO. The van der Waals surface area contributed by atoms with Gasteiger partial charge in [-0.15, -0.1) is 0 Å². The molecule has 1 rings (SSSR count). The van der Waals surface area contributed by atoms with E-state index in [1.54, 1.807) is 0 Å². The van der Waals surface area contributed by atoms with E-state index in [9.17, 15) is 5.11 Å². The van der Waals surface area contributed by atoms with E-state index in [-0.39, 0.29) is 12.0 Å². The molecule has 0 fully saturated rings. The maximum Gasteiger partial charge on any atom is 0.0766 e. The molecule has 0 bridgehead atoms. The van der Waals surface area contributed by atoms with Gasteiger partial charge in [-0.05, 0) is 37.5 Å². The quantitative estimate of drug-likeness (QED) is 0.845. The first-order chi connectivity index (χ1) is 7.83. The predicted molar refractivity (Wildman–Crippen MR) is 73.3 cm³/mol. The summed E-state index contributed by atoms with van der Waals surface area (Å²) in [5.41, 5.74) is 0.448. The first kappa shape index (κ1) is 14.5. The maximum absolute atomic E-state index is 10.2. The lowest BCUT2D eigenvalue weighted by Gasteiger charge is -2.29. The van der Waals surface area contributed by atoms with Gasteiger partial charge in [-0.1, -0.05) is 37.6 Å². The molecule has 0 radical (unpaired) electrons. The first-order valence-corrected chi connectivity index (χ1v) is 6.42. The molecule has 2 nitrogen and oxygen atoms in total. The molecule has 0 aromatic heterocycles. The number of benzene rings is 1. The lowest BCUT2D eigenvalue weighted by Crippen LogP contribution is -2.42. The smallest absolute Gasteiger partial charge is 0.0766 e. The summed E-state index contributed by atoms with van der Waals surface area (Å²) in [6.45, 7) is 8.53. The van der Waals surface area contributed by atoms with Crippen LogP contribution in [-0.2, 0) is 0 Å². The minimum atomic E-state index is -0.688. The largest absolute Gasteiger partial charge is 0.389 e. The van der Waals surface area contributed by atoms with Crippen LogP contribution in [0.3, 0.4) is 0 Å². The molecule has 3 heteroatoms. The standard InChI is InChI=1S/C14H22ClNO/c1-10(2)14(4,17)9-16-11(3)12-6-5-7-13(15)8-12/h5-8,10-11,16-17H,9H2,1-4H3/t11-,14?/m1/s1. The van der Waals surface area contributed by atoms with Crippen molar-refractivity contribution in [3.05, 3.63) is 34.9 Å². The summed E-state index contributed by atoms with van der Waals surface area (Å²) in [4.78, 5) is 0.